The number of nitrogens with zero attached hydrogens (tertiary/aromatic N) is 5. The van der Waals surface area contributed by atoms with Crippen molar-refractivity contribution in [1.29, 1.82) is 5.26 Å². The number of rotatable bonds is 7. The molecule has 3 aromatic heterocycles. The Bertz CT molecular complexity index is 1180. The monoisotopic (exact) mass is 428 g/mol. The number of hydrogen-bond donors (Lipinski definition) is 1. The van der Waals surface area contributed by atoms with Crippen LogP contribution in [0.3, 0.4) is 0 Å². The third-order valence-electron chi connectivity index (χ3n) is 6.10. The fourth-order valence-corrected chi connectivity index (χ4v) is 5.23. The molecule has 0 radical (unpaired) electrons. The van der Waals surface area contributed by atoms with Crippen LogP contribution in [0.1, 0.15) is 45.0 Å². The minimum atomic E-state index is -3.15. The maximum absolute atomic E-state index is 12.4. The second-order valence-electron chi connectivity index (χ2n) is 8.28. The Morgan fingerprint density at radius 2 is 2.10 bits per heavy atom. The number of pyridine rings is 1. The molecule has 1 N–H and O–H groups in total. The van der Waals surface area contributed by atoms with Gasteiger partial charge in [-0.3, -0.25) is 0 Å². The molecule has 1 saturated heterocycles. The van der Waals surface area contributed by atoms with Crippen LogP contribution < -0.4 is 0 Å². The zero-order valence-corrected chi connectivity index (χ0v) is 18.3. The lowest BCUT2D eigenvalue weighted by molar-refractivity contribution is 0.190. The first kappa shape index (κ1) is 20.8. The van der Waals surface area contributed by atoms with Crippen LogP contribution in [0.15, 0.2) is 18.5 Å². The molecule has 1 aliphatic rings. The number of piperidine rings is 1. The Balaban J connectivity index is 1.70. The maximum atomic E-state index is 12.4. The first-order valence-electron chi connectivity index (χ1n) is 10.5. The van der Waals surface area contributed by atoms with Gasteiger partial charge in [-0.2, -0.15) is 5.26 Å². The summed E-state index contributed by atoms with van der Waals surface area (Å²) >= 11 is 0. The van der Waals surface area contributed by atoms with Gasteiger partial charge in [0.15, 0.2) is 9.84 Å². The lowest BCUT2D eigenvalue weighted by atomic mass is 10.0. The van der Waals surface area contributed by atoms with Gasteiger partial charge >= 0.3 is 0 Å². The number of aromatic amines is 1. The molecule has 1 fully saturated rings. The van der Waals surface area contributed by atoms with Gasteiger partial charge in [-0.05, 0) is 32.8 Å². The van der Waals surface area contributed by atoms with Crippen molar-refractivity contribution >= 4 is 31.9 Å². The van der Waals surface area contributed by atoms with E-state index in [1.54, 1.807) is 20.0 Å². The van der Waals surface area contributed by atoms with Crippen molar-refractivity contribution in [1.82, 2.24) is 24.4 Å². The molecular formula is C21H28N6O2S. The molecule has 0 amide bonds. The van der Waals surface area contributed by atoms with Gasteiger partial charge in [-0.25, -0.2) is 18.4 Å². The van der Waals surface area contributed by atoms with E-state index < -0.39 is 15.1 Å². The summed E-state index contributed by atoms with van der Waals surface area (Å²) in [7, 11) is -3.15. The molecule has 0 bridgehead atoms. The number of nitriles is 1. The Morgan fingerprint density at radius 3 is 2.80 bits per heavy atom. The largest absolute Gasteiger partial charge is 0.346 e. The molecule has 4 heterocycles. The van der Waals surface area contributed by atoms with Crippen molar-refractivity contribution in [2.75, 3.05) is 25.4 Å². The van der Waals surface area contributed by atoms with Gasteiger partial charge in [0.2, 0.25) is 0 Å². The summed E-state index contributed by atoms with van der Waals surface area (Å²) in [6.07, 6.45) is 6.50. The first-order chi connectivity index (χ1) is 14.4. The van der Waals surface area contributed by atoms with Crippen LogP contribution in [0.2, 0.25) is 0 Å². The van der Waals surface area contributed by atoms with E-state index in [0.29, 0.717) is 12.8 Å². The number of sulfone groups is 1. The summed E-state index contributed by atoms with van der Waals surface area (Å²) in [6.45, 7) is 6.11. The standard InChI is InChI=1S/C21H28N6O2S/c1-15(2)30(28,29)13-7-19-25-18-14-24-21-17(4-9-23-21)20(18)27(19)16-5-11-26(12-6-16)10-3-8-22/h4,9,14-16H,3,5-7,10-13H2,1-2H3,(H,23,24). The smallest absolute Gasteiger partial charge is 0.153 e. The zero-order valence-electron chi connectivity index (χ0n) is 17.5. The number of imidazole rings is 1. The molecule has 1 aliphatic heterocycles. The van der Waals surface area contributed by atoms with E-state index in [9.17, 15) is 8.42 Å². The summed E-state index contributed by atoms with van der Waals surface area (Å²) in [5.41, 5.74) is 2.66. The van der Waals surface area contributed by atoms with E-state index in [1.165, 1.54) is 0 Å². The van der Waals surface area contributed by atoms with E-state index >= 15 is 0 Å². The summed E-state index contributed by atoms with van der Waals surface area (Å²) in [5, 5.41) is 9.48. The lowest BCUT2D eigenvalue weighted by Crippen LogP contribution is -2.35. The number of aromatic nitrogens is 4. The number of likely N-dealkylation sites (tertiary alicyclic amines) is 1. The highest BCUT2D eigenvalue weighted by Crippen LogP contribution is 2.32. The second kappa shape index (κ2) is 8.36. The third-order valence-corrected chi connectivity index (χ3v) is 8.31. The Kier molecular flexibility index (Phi) is 5.80. The van der Waals surface area contributed by atoms with Crippen molar-refractivity contribution in [3.8, 4) is 6.07 Å². The van der Waals surface area contributed by atoms with Crippen LogP contribution in [-0.2, 0) is 16.3 Å². The normalized spacial score (nSPS) is 16.6. The van der Waals surface area contributed by atoms with Gasteiger partial charge in [-0.1, -0.05) is 0 Å². The molecule has 8 nitrogen and oxygen atoms in total. The predicted molar refractivity (Wildman–Crippen MR) is 117 cm³/mol. The van der Waals surface area contributed by atoms with Crippen molar-refractivity contribution in [3.63, 3.8) is 0 Å². The highest BCUT2D eigenvalue weighted by Gasteiger charge is 2.27. The Labute approximate surface area is 176 Å². The minimum absolute atomic E-state index is 0.0959. The van der Waals surface area contributed by atoms with Crippen molar-refractivity contribution < 1.29 is 8.42 Å². The zero-order chi connectivity index (χ0) is 21.3. The van der Waals surface area contributed by atoms with Gasteiger partial charge in [0.25, 0.3) is 0 Å². The quantitative estimate of drug-likeness (QED) is 0.620. The van der Waals surface area contributed by atoms with Crippen molar-refractivity contribution in [2.45, 2.75) is 50.8 Å². The van der Waals surface area contributed by atoms with Crippen molar-refractivity contribution in [3.05, 3.63) is 24.3 Å². The average molecular weight is 429 g/mol. The lowest BCUT2D eigenvalue weighted by Gasteiger charge is -2.33. The molecule has 0 unspecified atom stereocenters. The molecule has 30 heavy (non-hydrogen) atoms. The fourth-order valence-electron chi connectivity index (χ4n) is 4.29. The van der Waals surface area contributed by atoms with Crippen LogP contribution >= 0.6 is 0 Å². The van der Waals surface area contributed by atoms with Gasteiger partial charge in [-0.15, -0.1) is 0 Å². The molecule has 160 valence electrons. The molecule has 0 atom stereocenters. The molecule has 0 aliphatic carbocycles. The molecular weight excluding hydrogens is 400 g/mol. The van der Waals surface area contributed by atoms with Crippen LogP contribution in [-0.4, -0.2) is 63.5 Å². The summed E-state index contributed by atoms with van der Waals surface area (Å²) in [5.74, 6) is 0.916. The highest BCUT2D eigenvalue weighted by atomic mass is 32.2. The van der Waals surface area contributed by atoms with Crippen LogP contribution in [0.25, 0.3) is 22.1 Å². The Hall–Kier alpha value is -2.44. The summed E-state index contributed by atoms with van der Waals surface area (Å²) in [4.78, 5) is 14.8. The van der Waals surface area contributed by atoms with Crippen molar-refractivity contribution in [2.24, 2.45) is 0 Å². The minimum Gasteiger partial charge on any atom is -0.346 e. The molecule has 0 aromatic carbocycles. The molecule has 0 saturated carbocycles. The molecule has 3 aromatic rings. The van der Waals surface area contributed by atoms with Gasteiger partial charge in [0, 0.05) is 50.1 Å². The number of hydrogen-bond acceptors (Lipinski definition) is 6. The first-order valence-corrected chi connectivity index (χ1v) is 12.3. The van der Waals surface area contributed by atoms with Crippen LogP contribution in [0.4, 0.5) is 0 Å². The highest BCUT2D eigenvalue weighted by molar-refractivity contribution is 7.91. The van der Waals surface area contributed by atoms with Gasteiger partial charge < -0.3 is 14.5 Å². The Morgan fingerprint density at radius 1 is 1.33 bits per heavy atom. The number of nitrogens with one attached hydrogen (secondary N) is 1. The number of aryl methyl sites for hydroxylation is 1. The molecule has 0 spiro atoms. The molecule has 9 heteroatoms. The summed E-state index contributed by atoms with van der Waals surface area (Å²) in [6, 6.07) is 4.49. The predicted octanol–water partition coefficient (Wildman–Crippen LogP) is 2.83. The van der Waals surface area contributed by atoms with E-state index in [0.717, 1.165) is 60.4 Å². The van der Waals surface area contributed by atoms with E-state index in [4.69, 9.17) is 10.2 Å². The topological polar surface area (TPSA) is 108 Å². The van der Waals surface area contributed by atoms with Gasteiger partial charge in [0.1, 0.15) is 17.0 Å². The molecule has 4 rings (SSSR count). The van der Waals surface area contributed by atoms with E-state index in [2.05, 4.69) is 25.5 Å². The third kappa shape index (κ3) is 3.94. The number of fused-ring (bicyclic) bond motifs is 3. The number of H-pyrrole nitrogens is 1. The average Bonchev–Trinajstić information content (AvgIpc) is 3.35. The van der Waals surface area contributed by atoms with Crippen LogP contribution in [0.5, 0.6) is 0 Å². The van der Waals surface area contributed by atoms with Gasteiger partial charge in [0.05, 0.1) is 28.8 Å². The summed E-state index contributed by atoms with van der Waals surface area (Å²) < 4.78 is 27.1. The fraction of sp³-hybridized carbons (Fsp3) is 0.571. The van der Waals surface area contributed by atoms with Crippen LogP contribution in [0, 0.1) is 11.3 Å². The SMILES string of the molecule is CC(C)S(=O)(=O)CCc1nc2cnc3[nH]ccc3c2n1C1CCN(CCC#N)CC1. The van der Waals surface area contributed by atoms with E-state index in [1.807, 2.05) is 12.3 Å². The van der Waals surface area contributed by atoms with E-state index in [-0.39, 0.29) is 11.8 Å². The second-order valence-corrected chi connectivity index (χ2v) is 11.0. The maximum Gasteiger partial charge on any atom is 0.153 e.